The maximum Gasteiger partial charge on any atom is 0.505 e. The van der Waals surface area contributed by atoms with E-state index in [1.807, 2.05) is 0 Å². The van der Waals surface area contributed by atoms with E-state index in [0.717, 1.165) is 0 Å². The Hall–Kier alpha value is -0.770. The van der Waals surface area contributed by atoms with E-state index in [1.165, 1.54) is 7.11 Å². The first-order chi connectivity index (χ1) is 3.77. The zero-order valence-electron chi connectivity index (χ0n) is 4.59. The van der Waals surface area contributed by atoms with Gasteiger partial charge in [-0.3, -0.25) is 0 Å². The van der Waals surface area contributed by atoms with Crippen molar-refractivity contribution in [3.05, 3.63) is 0 Å². The van der Waals surface area contributed by atoms with Gasteiger partial charge in [0.05, 0.1) is 6.61 Å². The van der Waals surface area contributed by atoms with Crippen molar-refractivity contribution < 1.29 is 19.4 Å². The van der Waals surface area contributed by atoms with Crippen molar-refractivity contribution in [3.63, 3.8) is 0 Å². The van der Waals surface area contributed by atoms with Crippen LogP contribution in [0.25, 0.3) is 0 Å². The van der Waals surface area contributed by atoms with Crippen molar-refractivity contribution in [2.24, 2.45) is 0 Å². The summed E-state index contributed by atoms with van der Waals surface area (Å²) in [7, 11) is 1.48. The molecule has 4 heteroatoms. The van der Waals surface area contributed by atoms with Crippen LogP contribution in [-0.4, -0.2) is 31.6 Å². The zero-order chi connectivity index (χ0) is 6.41. The summed E-state index contributed by atoms with van der Waals surface area (Å²) in [5.74, 6) is 0. The molecule has 0 radical (unpaired) electrons. The molecule has 0 unspecified atom stereocenters. The molecule has 0 amide bonds. The van der Waals surface area contributed by atoms with Gasteiger partial charge in [0.1, 0.15) is 6.61 Å². The SMILES string of the molecule is C.COCCOC(=O)O. The van der Waals surface area contributed by atoms with E-state index in [2.05, 4.69) is 9.47 Å². The highest BCUT2D eigenvalue weighted by Gasteiger charge is 1.91. The Balaban J connectivity index is 0. The normalized spacial score (nSPS) is 7.67. The second-order valence-corrected chi connectivity index (χ2v) is 1.11. The van der Waals surface area contributed by atoms with Gasteiger partial charge in [-0.2, -0.15) is 0 Å². The van der Waals surface area contributed by atoms with Crippen molar-refractivity contribution >= 4 is 6.16 Å². The van der Waals surface area contributed by atoms with Gasteiger partial charge in [0.15, 0.2) is 0 Å². The Morgan fingerprint density at radius 3 is 2.44 bits per heavy atom. The van der Waals surface area contributed by atoms with E-state index < -0.39 is 6.16 Å². The van der Waals surface area contributed by atoms with Crippen molar-refractivity contribution in [1.29, 1.82) is 0 Å². The number of methoxy groups -OCH3 is 1. The van der Waals surface area contributed by atoms with Gasteiger partial charge in [-0.25, -0.2) is 4.79 Å². The van der Waals surface area contributed by atoms with Crippen molar-refractivity contribution in [2.75, 3.05) is 20.3 Å². The molecule has 0 aromatic heterocycles. The van der Waals surface area contributed by atoms with E-state index in [-0.39, 0.29) is 14.0 Å². The van der Waals surface area contributed by atoms with Gasteiger partial charge in [0.25, 0.3) is 0 Å². The molecule has 0 aromatic carbocycles. The molecule has 0 heterocycles. The average Bonchev–Trinajstić information content (AvgIpc) is 1.66. The lowest BCUT2D eigenvalue weighted by Gasteiger charge is -1.95. The smallest absolute Gasteiger partial charge is 0.450 e. The summed E-state index contributed by atoms with van der Waals surface area (Å²) in [5, 5.41) is 7.86. The lowest BCUT2D eigenvalue weighted by Crippen LogP contribution is -2.06. The monoisotopic (exact) mass is 136 g/mol. The largest absolute Gasteiger partial charge is 0.505 e. The number of hydrogen-bond donors (Lipinski definition) is 1. The summed E-state index contributed by atoms with van der Waals surface area (Å²) in [6.07, 6.45) is -1.26. The van der Waals surface area contributed by atoms with Crippen LogP contribution >= 0.6 is 0 Å². The average molecular weight is 136 g/mol. The van der Waals surface area contributed by atoms with Crippen LogP contribution in [0, 0.1) is 0 Å². The predicted octanol–water partition coefficient (Wildman–Crippen LogP) is 0.964. The number of carboxylic acid groups (broad SMARTS) is 1. The Morgan fingerprint density at radius 2 is 2.11 bits per heavy atom. The lowest BCUT2D eigenvalue weighted by molar-refractivity contribution is 0.0630. The molecule has 1 N–H and O–H groups in total. The molecule has 56 valence electrons. The summed E-state index contributed by atoms with van der Waals surface area (Å²) in [6.45, 7) is 0.415. The fourth-order valence-electron chi connectivity index (χ4n) is 0.212. The highest BCUT2D eigenvalue weighted by atomic mass is 16.7. The summed E-state index contributed by atoms with van der Waals surface area (Å²) < 4.78 is 8.58. The molecule has 0 aliphatic carbocycles. The Bertz CT molecular complexity index is 71.4. The van der Waals surface area contributed by atoms with Crippen molar-refractivity contribution in [3.8, 4) is 0 Å². The minimum Gasteiger partial charge on any atom is -0.450 e. The third-order valence-corrected chi connectivity index (χ3v) is 0.513. The summed E-state index contributed by atoms with van der Waals surface area (Å²) in [6, 6.07) is 0. The Kier molecular flexibility index (Phi) is 8.90. The number of hydrogen-bond acceptors (Lipinski definition) is 3. The molecule has 4 nitrogen and oxygen atoms in total. The minimum atomic E-state index is -1.26. The van der Waals surface area contributed by atoms with Gasteiger partial charge in [-0.05, 0) is 0 Å². The lowest BCUT2D eigenvalue weighted by atomic mass is 10.8. The molecule has 9 heavy (non-hydrogen) atoms. The Morgan fingerprint density at radius 1 is 1.56 bits per heavy atom. The second-order valence-electron chi connectivity index (χ2n) is 1.11. The van der Waals surface area contributed by atoms with Crippen LogP contribution in [0.4, 0.5) is 4.79 Å². The van der Waals surface area contributed by atoms with E-state index in [4.69, 9.17) is 5.11 Å². The second kappa shape index (κ2) is 7.23. The van der Waals surface area contributed by atoms with Gasteiger partial charge in [0.2, 0.25) is 0 Å². The van der Waals surface area contributed by atoms with Gasteiger partial charge in [-0.15, -0.1) is 0 Å². The molecule has 0 bridgehead atoms. The third kappa shape index (κ3) is 11.1. The maximum absolute atomic E-state index is 9.60. The first-order valence-corrected chi connectivity index (χ1v) is 2.12. The molecule has 0 atom stereocenters. The van der Waals surface area contributed by atoms with Gasteiger partial charge in [0, 0.05) is 7.11 Å². The Labute approximate surface area is 54.4 Å². The molecule has 0 saturated carbocycles. The summed E-state index contributed by atoms with van der Waals surface area (Å²) >= 11 is 0. The summed E-state index contributed by atoms with van der Waals surface area (Å²) in [5.41, 5.74) is 0. The zero-order valence-corrected chi connectivity index (χ0v) is 4.59. The van der Waals surface area contributed by atoms with Gasteiger partial charge in [-0.1, -0.05) is 7.43 Å². The van der Waals surface area contributed by atoms with Crippen molar-refractivity contribution in [2.45, 2.75) is 7.43 Å². The van der Waals surface area contributed by atoms with Crippen LogP contribution in [-0.2, 0) is 9.47 Å². The van der Waals surface area contributed by atoms with E-state index in [0.29, 0.717) is 6.61 Å². The topological polar surface area (TPSA) is 55.8 Å². The molecular formula is C5H12O4. The molecule has 0 aliphatic rings. The van der Waals surface area contributed by atoms with E-state index in [1.54, 1.807) is 0 Å². The van der Waals surface area contributed by atoms with Crippen LogP contribution in [0.2, 0.25) is 0 Å². The van der Waals surface area contributed by atoms with Gasteiger partial charge >= 0.3 is 6.16 Å². The molecule has 0 aromatic rings. The number of ether oxygens (including phenoxy) is 2. The first kappa shape index (κ1) is 11.1. The standard InChI is InChI=1S/C4H8O4.CH4/c1-7-2-3-8-4(5)6;/h2-3H2,1H3,(H,5,6);1H4. The molecule has 0 aliphatic heterocycles. The molecule has 0 rings (SSSR count). The van der Waals surface area contributed by atoms with Crippen LogP contribution < -0.4 is 0 Å². The molecular weight excluding hydrogens is 124 g/mol. The third-order valence-electron chi connectivity index (χ3n) is 0.513. The van der Waals surface area contributed by atoms with Crippen LogP contribution in [0.3, 0.4) is 0 Å². The molecule has 0 fully saturated rings. The van der Waals surface area contributed by atoms with Crippen LogP contribution in [0.1, 0.15) is 7.43 Å². The van der Waals surface area contributed by atoms with Crippen LogP contribution in [0.5, 0.6) is 0 Å². The summed E-state index contributed by atoms with van der Waals surface area (Å²) in [4.78, 5) is 9.60. The predicted molar refractivity (Wildman–Crippen MR) is 32.6 cm³/mol. The van der Waals surface area contributed by atoms with E-state index in [9.17, 15) is 4.79 Å². The minimum absolute atomic E-state index is 0. The quantitative estimate of drug-likeness (QED) is 0.463. The van der Waals surface area contributed by atoms with Gasteiger partial charge < -0.3 is 14.6 Å². The maximum atomic E-state index is 9.60. The molecule has 0 spiro atoms. The number of rotatable bonds is 3. The fraction of sp³-hybridized carbons (Fsp3) is 0.800. The highest BCUT2D eigenvalue weighted by molar-refractivity contribution is 5.56. The van der Waals surface area contributed by atoms with Crippen LogP contribution in [0.15, 0.2) is 0 Å². The van der Waals surface area contributed by atoms with E-state index >= 15 is 0 Å². The first-order valence-electron chi connectivity index (χ1n) is 2.12. The molecule has 0 saturated heterocycles. The number of carbonyl (C=O) groups is 1. The van der Waals surface area contributed by atoms with Crippen molar-refractivity contribution in [1.82, 2.24) is 0 Å². The highest BCUT2D eigenvalue weighted by Crippen LogP contribution is 1.74. The fourth-order valence-corrected chi connectivity index (χ4v) is 0.212.